The first kappa shape index (κ1) is 12.6. The van der Waals surface area contributed by atoms with Crippen LogP contribution in [0.15, 0.2) is 36.5 Å². The average molecular weight is 255 g/mol. The number of rotatable bonds is 3. The van der Waals surface area contributed by atoms with Crippen molar-refractivity contribution >= 4 is 10.9 Å². The van der Waals surface area contributed by atoms with Crippen molar-refractivity contribution in [3.63, 3.8) is 0 Å². The highest BCUT2D eigenvalue weighted by Crippen LogP contribution is 2.22. The van der Waals surface area contributed by atoms with Crippen LogP contribution in [-0.2, 0) is 6.54 Å². The van der Waals surface area contributed by atoms with Crippen LogP contribution in [0.1, 0.15) is 24.8 Å². The van der Waals surface area contributed by atoms with E-state index < -0.39 is 0 Å². The molecule has 3 nitrogen and oxygen atoms in total. The Bertz CT molecular complexity index is 547. The van der Waals surface area contributed by atoms with Gasteiger partial charge in [-0.2, -0.15) is 0 Å². The summed E-state index contributed by atoms with van der Waals surface area (Å²) in [6.45, 7) is 2.92. The lowest BCUT2D eigenvalue weighted by atomic mass is 10.0. The number of nitrogens with zero attached hydrogens (tertiary/aromatic N) is 2. The fourth-order valence-electron chi connectivity index (χ4n) is 3.05. The maximum absolute atomic E-state index is 5.91. The molecule has 0 aliphatic carbocycles. The van der Waals surface area contributed by atoms with Crippen molar-refractivity contribution in [1.29, 1.82) is 0 Å². The van der Waals surface area contributed by atoms with Gasteiger partial charge >= 0.3 is 0 Å². The van der Waals surface area contributed by atoms with Crippen LogP contribution < -0.4 is 5.73 Å². The van der Waals surface area contributed by atoms with E-state index in [9.17, 15) is 0 Å². The van der Waals surface area contributed by atoms with Crippen LogP contribution in [0, 0.1) is 0 Å². The third-order valence-corrected chi connectivity index (χ3v) is 4.13. The number of benzene rings is 1. The normalized spacial score (nSPS) is 20.8. The molecule has 1 fully saturated rings. The van der Waals surface area contributed by atoms with Crippen LogP contribution in [0.2, 0.25) is 0 Å². The summed E-state index contributed by atoms with van der Waals surface area (Å²) in [5, 5.41) is 1.27. The number of piperidine rings is 1. The minimum Gasteiger partial charge on any atom is -0.329 e. The summed E-state index contributed by atoms with van der Waals surface area (Å²) < 4.78 is 0. The lowest BCUT2D eigenvalue weighted by Gasteiger charge is -2.35. The first-order valence-electron chi connectivity index (χ1n) is 7.15. The molecule has 1 atom stereocenters. The monoisotopic (exact) mass is 255 g/mol. The van der Waals surface area contributed by atoms with Gasteiger partial charge in [0.1, 0.15) is 0 Å². The summed E-state index contributed by atoms with van der Waals surface area (Å²) in [6.07, 6.45) is 5.76. The number of nitrogens with two attached hydrogens (primary N) is 1. The molecule has 1 saturated heterocycles. The topological polar surface area (TPSA) is 42.1 Å². The molecular weight excluding hydrogens is 234 g/mol. The number of aromatic nitrogens is 1. The van der Waals surface area contributed by atoms with Gasteiger partial charge in [-0.05, 0) is 37.1 Å². The first-order valence-corrected chi connectivity index (χ1v) is 7.15. The molecule has 1 aromatic heterocycles. The molecule has 0 amide bonds. The number of pyridine rings is 1. The largest absolute Gasteiger partial charge is 0.329 e. The molecule has 0 radical (unpaired) electrons. The zero-order chi connectivity index (χ0) is 13.1. The fraction of sp³-hybridized carbons (Fsp3) is 0.438. The zero-order valence-corrected chi connectivity index (χ0v) is 11.3. The summed E-state index contributed by atoms with van der Waals surface area (Å²) in [6, 6.07) is 11.1. The molecule has 1 aromatic carbocycles. The Kier molecular flexibility index (Phi) is 3.76. The standard InChI is InChI=1S/C16H21N3/c17-11-14-5-3-4-10-19(14)12-13-8-9-18-16-7-2-1-6-15(13)16/h1-2,6-9,14H,3-5,10-12,17H2. The molecule has 2 heterocycles. The van der Waals surface area contributed by atoms with Crippen molar-refractivity contribution in [1.82, 2.24) is 9.88 Å². The quantitative estimate of drug-likeness (QED) is 0.916. The van der Waals surface area contributed by atoms with E-state index in [-0.39, 0.29) is 0 Å². The smallest absolute Gasteiger partial charge is 0.0705 e. The van der Waals surface area contributed by atoms with Gasteiger partial charge < -0.3 is 5.73 Å². The molecule has 0 bridgehead atoms. The van der Waals surface area contributed by atoms with E-state index in [0.29, 0.717) is 6.04 Å². The molecule has 2 N–H and O–H groups in total. The molecule has 1 unspecified atom stereocenters. The van der Waals surface area contributed by atoms with Gasteiger partial charge in [0.25, 0.3) is 0 Å². The van der Waals surface area contributed by atoms with Gasteiger partial charge in [0.2, 0.25) is 0 Å². The Balaban J connectivity index is 1.88. The summed E-state index contributed by atoms with van der Waals surface area (Å²) in [5.74, 6) is 0. The van der Waals surface area contributed by atoms with E-state index >= 15 is 0 Å². The van der Waals surface area contributed by atoms with Crippen molar-refractivity contribution in [3.05, 3.63) is 42.1 Å². The molecule has 19 heavy (non-hydrogen) atoms. The highest BCUT2D eigenvalue weighted by molar-refractivity contribution is 5.81. The van der Waals surface area contributed by atoms with Crippen LogP contribution >= 0.6 is 0 Å². The van der Waals surface area contributed by atoms with Gasteiger partial charge in [0.05, 0.1) is 5.52 Å². The van der Waals surface area contributed by atoms with Crippen LogP contribution in [0.4, 0.5) is 0 Å². The molecule has 100 valence electrons. The van der Waals surface area contributed by atoms with E-state index in [1.807, 2.05) is 12.3 Å². The van der Waals surface area contributed by atoms with Crippen molar-refractivity contribution < 1.29 is 0 Å². The van der Waals surface area contributed by atoms with Crippen molar-refractivity contribution in [2.24, 2.45) is 5.73 Å². The van der Waals surface area contributed by atoms with E-state index in [4.69, 9.17) is 5.73 Å². The Morgan fingerprint density at radius 1 is 1.21 bits per heavy atom. The molecule has 1 aliphatic heterocycles. The van der Waals surface area contributed by atoms with Gasteiger partial charge in [-0.3, -0.25) is 9.88 Å². The number of para-hydroxylation sites is 1. The van der Waals surface area contributed by atoms with E-state index in [1.165, 1.54) is 36.8 Å². The molecule has 0 spiro atoms. The third-order valence-electron chi connectivity index (χ3n) is 4.13. The summed E-state index contributed by atoms with van der Waals surface area (Å²) in [7, 11) is 0. The zero-order valence-electron chi connectivity index (χ0n) is 11.3. The second kappa shape index (κ2) is 5.68. The Hall–Kier alpha value is -1.45. The molecule has 3 rings (SSSR count). The van der Waals surface area contributed by atoms with E-state index in [2.05, 4.69) is 34.1 Å². The van der Waals surface area contributed by atoms with Crippen LogP contribution in [0.3, 0.4) is 0 Å². The highest BCUT2D eigenvalue weighted by atomic mass is 15.2. The van der Waals surface area contributed by atoms with E-state index in [1.54, 1.807) is 0 Å². The van der Waals surface area contributed by atoms with Crippen LogP contribution in [-0.4, -0.2) is 29.0 Å². The van der Waals surface area contributed by atoms with Gasteiger partial charge in [-0.15, -0.1) is 0 Å². The van der Waals surface area contributed by atoms with Crippen LogP contribution in [0.25, 0.3) is 10.9 Å². The predicted octanol–water partition coefficient (Wildman–Crippen LogP) is 2.55. The lowest BCUT2D eigenvalue weighted by Crippen LogP contribution is -2.43. The minimum atomic E-state index is 0.542. The number of fused-ring (bicyclic) bond motifs is 1. The van der Waals surface area contributed by atoms with Gasteiger partial charge in [-0.1, -0.05) is 24.6 Å². The van der Waals surface area contributed by atoms with Crippen molar-refractivity contribution in [2.75, 3.05) is 13.1 Å². The molecule has 3 heteroatoms. The second-order valence-electron chi connectivity index (χ2n) is 5.34. The Morgan fingerprint density at radius 2 is 2.11 bits per heavy atom. The number of hydrogen-bond acceptors (Lipinski definition) is 3. The maximum atomic E-state index is 5.91. The molecule has 0 saturated carbocycles. The minimum absolute atomic E-state index is 0.542. The lowest BCUT2D eigenvalue weighted by molar-refractivity contribution is 0.145. The Morgan fingerprint density at radius 3 is 3.00 bits per heavy atom. The van der Waals surface area contributed by atoms with Crippen molar-refractivity contribution in [3.8, 4) is 0 Å². The predicted molar refractivity (Wildman–Crippen MR) is 78.8 cm³/mol. The SMILES string of the molecule is NCC1CCCCN1Cc1ccnc2ccccc12. The maximum Gasteiger partial charge on any atom is 0.0705 e. The first-order chi connectivity index (χ1) is 9.38. The van der Waals surface area contributed by atoms with Crippen molar-refractivity contribution in [2.45, 2.75) is 31.8 Å². The average Bonchev–Trinajstić information content (AvgIpc) is 2.48. The van der Waals surface area contributed by atoms with E-state index in [0.717, 1.165) is 18.6 Å². The summed E-state index contributed by atoms with van der Waals surface area (Å²) in [5.41, 5.74) is 8.36. The Labute approximate surface area is 114 Å². The van der Waals surface area contributed by atoms with Gasteiger partial charge in [-0.25, -0.2) is 0 Å². The molecular formula is C16H21N3. The highest BCUT2D eigenvalue weighted by Gasteiger charge is 2.21. The summed E-state index contributed by atoms with van der Waals surface area (Å²) in [4.78, 5) is 6.96. The molecule has 2 aromatic rings. The van der Waals surface area contributed by atoms with Crippen LogP contribution in [0.5, 0.6) is 0 Å². The number of likely N-dealkylation sites (tertiary alicyclic amines) is 1. The third kappa shape index (κ3) is 2.62. The summed E-state index contributed by atoms with van der Waals surface area (Å²) >= 11 is 0. The second-order valence-corrected chi connectivity index (χ2v) is 5.34. The number of hydrogen-bond donors (Lipinski definition) is 1. The van der Waals surface area contributed by atoms with Gasteiger partial charge in [0, 0.05) is 30.7 Å². The van der Waals surface area contributed by atoms with Gasteiger partial charge in [0.15, 0.2) is 0 Å². The fourth-order valence-corrected chi connectivity index (χ4v) is 3.05. The molecule has 1 aliphatic rings.